The average molecular weight is 452 g/mol. The van der Waals surface area contributed by atoms with Gasteiger partial charge in [-0.15, -0.1) is 35.3 Å². The monoisotopic (exact) mass is 452 g/mol. The largest absolute Gasteiger partial charge is 0.383 e. The Labute approximate surface area is 160 Å². The minimum Gasteiger partial charge on any atom is -0.383 e. The lowest BCUT2D eigenvalue weighted by Gasteiger charge is -2.22. The number of aryl methyl sites for hydroxylation is 1. The second-order valence-corrected chi connectivity index (χ2v) is 7.00. The lowest BCUT2D eigenvalue weighted by Crippen LogP contribution is -2.42. The van der Waals surface area contributed by atoms with Gasteiger partial charge in [-0.1, -0.05) is 0 Å². The van der Waals surface area contributed by atoms with Crippen LogP contribution in [0.5, 0.6) is 0 Å². The highest BCUT2D eigenvalue weighted by Gasteiger charge is 2.28. The second-order valence-electron chi connectivity index (χ2n) is 5.62. The van der Waals surface area contributed by atoms with Gasteiger partial charge in [0.25, 0.3) is 0 Å². The average Bonchev–Trinajstić information content (AvgIpc) is 3.28. The number of methoxy groups -OCH3 is 1. The van der Waals surface area contributed by atoms with Crippen molar-refractivity contribution >= 4 is 41.3 Å². The first-order chi connectivity index (χ1) is 10.7. The minimum atomic E-state index is 0. The molecule has 1 saturated carbocycles. The van der Waals surface area contributed by atoms with Gasteiger partial charge in [0.1, 0.15) is 0 Å². The Hall–Kier alpha value is -0.380. The summed E-state index contributed by atoms with van der Waals surface area (Å²) in [6, 6.07) is 5.09. The zero-order valence-electron chi connectivity index (χ0n) is 14.3. The molecule has 5 nitrogen and oxygen atoms in total. The van der Waals surface area contributed by atoms with Crippen LogP contribution in [0.4, 0.5) is 0 Å². The van der Waals surface area contributed by atoms with Crippen molar-refractivity contribution in [3.63, 3.8) is 0 Å². The molecular weight excluding hydrogens is 423 g/mol. The van der Waals surface area contributed by atoms with E-state index in [2.05, 4.69) is 39.6 Å². The van der Waals surface area contributed by atoms with E-state index in [0.29, 0.717) is 0 Å². The normalized spacial score (nSPS) is 14.7. The molecule has 1 heterocycles. The summed E-state index contributed by atoms with van der Waals surface area (Å²) in [5.41, 5.74) is 0. The number of aliphatic imine (C=N–C) groups is 1. The van der Waals surface area contributed by atoms with Crippen LogP contribution in [0.25, 0.3) is 0 Å². The van der Waals surface area contributed by atoms with Crippen LogP contribution in [-0.4, -0.2) is 57.3 Å². The molecular formula is C16H29IN4OS. The Morgan fingerprint density at radius 3 is 2.70 bits per heavy atom. The first-order valence-electron chi connectivity index (χ1n) is 7.95. The van der Waals surface area contributed by atoms with Gasteiger partial charge in [0.2, 0.25) is 0 Å². The van der Waals surface area contributed by atoms with Gasteiger partial charge in [0.15, 0.2) is 5.96 Å². The lowest BCUT2D eigenvalue weighted by molar-refractivity contribution is 0.144. The van der Waals surface area contributed by atoms with E-state index < -0.39 is 0 Å². The van der Waals surface area contributed by atoms with E-state index in [0.717, 1.165) is 44.8 Å². The number of nitrogens with zero attached hydrogens (tertiary/aromatic N) is 2. The molecule has 1 aromatic rings. The molecule has 0 radical (unpaired) electrons. The van der Waals surface area contributed by atoms with E-state index in [9.17, 15) is 0 Å². The third-order valence-electron chi connectivity index (χ3n) is 3.79. The first-order valence-corrected chi connectivity index (χ1v) is 8.77. The molecule has 0 spiro atoms. The van der Waals surface area contributed by atoms with Gasteiger partial charge in [-0.3, -0.25) is 9.89 Å². The Morgan fingerprint density at radius 1 is 1.35 bits per heavy atom. The number of ether oxygens (including phenoxy) is 1. The Bertz CT molecular complexity index is 476. The molecule has 0 aromatic carbocycles. The van der Waals surface area contributed by atoms with Crippen LogP contribution >= 0.6 is 35.3 Å². The van der Waals surface area contributed by atoms with Crippen molar-refractivity contribution in [3.05, 3.63) is 21.9 Å². The molecule has 0 amide bonds. The summed E-state index contributed by atoms with van der Waals surface area (Å²) >= 11 is 1.82. The summed E-state index contributed by atoms with van der Waals surface area (Å²) in [7, 11) is 3.58. The topological polar surface area (TPSA) is 48.9 Å². The SMILES string of the molecule is CN=C(NCCN(CCOC)C1CC1)NCc1ccc(C)s1.I. The lowest BCUT2D eigenvalue weighted by atomic mass is 10.4. The molecule has 1 aromatic heterocycles. The standard InChI is InChI=1S/C16H28N4OS.HI/c1-13-4-7-15(22-13)12-19-16(17-2)18-8-9-20(10-11-21-3)14-5-6-14;/h4,7,14H,5-6,8-12H2,1-3H3,(H2,17,18,19);1H. The van der Waals surface area contributed by atoms with Crippen molar-refractivity contribution in [1.29, 1.82) is 0 Å². The predicted molar refractivity (Wildman–Crippen MR) is 109 cm³/mol. The second kappa shape index (κ2) is 11.2. The molecule has 0 unspecified atom stereocenters. The quantitative estimate of drug-likeness (QED) is 0.344. The number of thiophene rings is 1. The van der Waals surface area contributed by atoms with Crippen LogP contribution in [0.2, 0.25) is 0 Å². The molecule has 7 heteroatoms. The van der Waals surface area contributed by atoms with Crippen LogP contribution in [-0.2, 0) is 11.3 Å². The van der Waals surface area contributed by atoms with Crippen molar-refractivity contribution in [3.8, 4) is 0 Å². The van der Waals surface area contributed by atoms with Crippen molar-refractivity contribution in [2.75, 3.05) is 40.4 Å². The van der Waals surface area contributed by atoms with Gasteiger partial charge in [-0.05, 0) is 31.9 Å². The fourth-order valence-electron chi connectivity index (χ4n) is 2.41. The smallest absolute Gasteiger partial charge is 0.191 e. The zero-order chi connectivity index (χ0) is 15.8. The predicted octanol–water partition coefficient (Wildman–Crippen LogP) is 2.45. The molecule has 1 fully saturated rings. The van der Waals surface area contributed by atoms with Crippen LogP contribution in [0.3, 0.4) is 0 Å². The number of nitrogens with one attached hydrogen (secondary N) is 2. The molecule has 0 bridgehead atoms. The summed E-state index contributed by atoms with van der Waals surface area (Å²) in [6.07, 6.45) is 2.66. The first kappa shape index (κ1) is 20.7. The van der Waals surface area contributed by atoms with Crippen LogP contribution in [0.15, 0.2) is 17.1 Å². The third kappa shape index (κ3) is 7.82. The Balaban J connectivity index is 0.00000264. The highest BCUT2D eigenvalue weighted by atomic mass is 127. The van der Waals surface area contributed by atoms with E-state index in [-0.39, 0.29) is 24.0 Å². The molecule has 0 aliphatic heterocycles. The summed E-state index contributed by atoms with van der Waals surface area (Å²) < 4.78 is 5.19. The minimum absolute atomic E-state index is 0. The summed E-state index contributed by atoms with van der Waals surface area (Å²) in [5.74, 6) is 0.869. The number of rotatable bonds is 9. The molecule has 132 valence electrons. The van der Waals surface area contributed by atoms with Crippen LogP contribution in [0, 0.1) is 6.92 Å². The van der Waals surface area contributed by atoms with Gasteiger partial charge in [0, 0.05) is 49.6 Å². The molecule has 0 saturated heterocycles. The van der Waals surface area contributed by atoms with Gasteiger partial charge in [0.05, 0.1) is 13.2 Å². The molecule has 2 N–H and O–H groups in total. The maximum absolute atomic E-state index is 5.19. The van der Waals surface area contributed by atoms with Crippen molar-refractivity contribution < 1.29 is 4.74 Å². The maximum Gasteiger partial charge on any atom is 0.191 e. The molecule has 1 aliphatic rings. The fourth-order valence-corrected chi connectivity index (χ4v) is 3.24. The number of guanidine groups is 1. The van der Waals surface area contributed by atoms with Gasteiger partial charge in [-0.2, -0.15) is 0 Å². The van der Waals surface area contributed by atoms with E-state index in [1.54, 1.807) is 7.11 Å². The number of halogens is 1. The summed E-state index contributed by atoms with van der Waals surface area (Å²) in [5, 5.41) is 6.76. The molecule has 2 rings (SSSR count). The maximum atomic E-state index is 5.19. The van der Waals surface area contributed by atoms with E-state index in [4.69, 9.17) is 4.74 Å². The number of hydrogen-bond acceptors (Lipinski definition) is 4. The highest BCUT2D eigenvalue weighted by Crippen LogP contribution is 2.25. The van der Waals surface area contributed by atoms with Crippen LogP contribution < -0.4 is 10.6 Å². The Kier molecular flexibility index (Phi) is 10.1. The summed E-state index contributed by atoms with van der Waals surface area (Å²) in [4.78, 5) is 9.47. The summed E-state index contributed by atoms with van der Waals surface area (Å²) in [6.45, 7) is 6.72. The fraction of sp³-hybridized carbons (Fsp3) is 0.688. The van der Waals surface area contributed by atoms with Gasteiger partial charge in [-0.25, -0.2) is 0 Å². The molecule has 23 heavy (non-hydrogen) atoms. The number of hydrogen-bond donors (Lipinski definition) is 2. The van der Waals surface area contributed by atoms with Crippen LogP contribution in [0.1, 0.15) is 22.6 Å². The van der Waals surface area contributed by atoms with Crippen molar-refractivity contribution in [1.82, 2.24) is 15.5 Å². The van der Waals surface area contributed by atoms with Gasteiger partial charge >= 0.3 is 0 Å². The molecule has 0 atom stereocenters. The molecule has 1 aliphatic carbocycles. The highest BCUT2D eigenvalue weighted by molar-refractivity contribution is 14.0. The van der Waals surface area contributed by atoms with Crippen molar-refractivity contribution in [2.24, 2.45) is 4.99 Å². The zero-order valence-corrected chi connectivity index (χ0v) is 17.4. The van der Waals surface area contributed by atoms with Crippen molar-refractivity contribution in [2.45, 2.75) is 32.4 Å². The van der Waals surface area contributed by atoms with Gasteiger partial charge < -0.3 is 15.4 Å². The third-order valence-corrected chi connectivity index (χ3v) is 4.79. The Morgan fingerprint density at radius 2 is 2.13 bits per heavy atom. The van der Waals surface area contributed by atoms with E-state index in [1.165, 1.54) is 22.6 Å². The van der Waals surface area contributed by atoms with E-state index in [1.807, 2.05) is 18.4 Å². The van der Waals surface area contributed by atoms with E-state index >= 15 is 0 Å².